The largest absolute Gasteiger partial charge is 0.385 e. The lowest BCUT2D eigenvalue weighted by molar-refractivity contribution is -0.133. The van der Waals surface area contributed by atoms with E-state index < -0.39 is 5.60 Å². The zero-order valence-corrected chi connectivity index (χ0v) is 9.36. The fraction of sp³-hybridized carbons (Fsp3) is 0.538. The van der Waals surface area contributed by atoms with E-state index in [1.165, 1.54) is 5.56 Å². The van der Waals surface area contributed by atoms with E-state index in [0.29, 0.717) is 0 Å². The van der Waals surface area contributed by atoms with Gasteiger partial charge in [0.25, 0.3) is 0 Å². The number of aryl methyl sites for hydroxylation is 1. The molecule has 0 bridgehead atoms. The van der Waals surface area contributed by atoms with Crippen molar-refractivity contribution in [3.8, 4) is 0 Å². The maximum Gasteiger partial charge on any atom is 0.0945 e. The van der Waals surface area contributed by atoms with Gasteiger partial charge in [-0.3, -0.25) is 0 Å². The Morgan fingerprint density at radius 3 is 2.40 bits per heavy atom. The van der Waals surface area contributed by atoms with Crippen LogP contribution in [-0.2, 0) is 16.8 Å². The second kappa shape index (κ2) is 3.95. The predicted octanol–water partition coefficient (Wildman–Crippen LogP) is 2.25. The first-order chi connectivity index (χ1) is 7.18. The molecule has 1 aromatic rings. The molecule has 1 aliphatic carbocycles. The van der Waals surface area contributed by atoms with Crippen molar-refractivity contribution in [1.82, 2.24) is 0 Å². The van der Waals surface area contributed by atoms with Gasteiger partial charge in [0.2, 0.25) is 0 Å². The third-order valence-corrected chi connectivity index (χ3v) is 3.36. The SMILES string of the molecule is CCc1ccc(C2(O)CC(OC)C2)cc1. The molecular weight excluding hydrogens is 188 g/mol. The lowest BCUT2D eigenvalue weighted by Crippen LogP contribution is -2.45. The van der Waals surface area contributed by atoms with Crippen LogP contribution in [0.15, 0.2) is 24.3 Å². The van der Waals surface area contributed by atoms with Gasteiger partial charge >= 0.3 is 0 Å². The van der Waals surface area contributed by atoms with Crippen LogP contribution >= 0.6 is 0 Å². The first kappa shape index (κ1) is 10.7. The second-order valence-corrected chi connectivity index (χ2v) is 4.35. The van der Waals surface area contributed by atoms with Crippen molar-refractivity contribution in [1.29, 1.82) is 0 Å². The van der Waals surface area contributed by atoms with Gasteiger partial charge < -0.3 is 9.84 Å². The van der Waals surface area contributed by atoms with Crippen LogP contribution in [0, 0.1) is 0 Å². The molecule has 15 heavy (non-hydrogen) atoms. The lowest BCUT2D eigenvalue weighted by atomic mass is 9.72. The Labute approximate surface area is 90.9 Å². The molecule has 0 radical (unpaired) electrons. The molecule has 0 heterocycles. The van der Waals surface area contributed by atoms with Gasteiger partial charge in [0.05, 0.1) is 11.7 Å². The zero-order chi connectivity index (χ0) is 10.9. The highest BCUT2D eigenvalue weighted by atomic mass is 16.5. The summed E-state index contributed by atoms with van der Waals surface area (Å²) in [5.74, 6) is 0. The summed E-state index contributed by atoms with van der Waals surface area (Å²) in [6, 6.07) is 8.25. The number of rotatable bonds is 3. The standard InChI is InChI=1S/C13H18O2/c1-3-10-4-6-11(7-5-10)13(14)8-12(9-13)15-2/h4-7,12,14H,3,8-9H2,1-2H3. The summed E-state index contributed by atoms with van der Waals surface area (Å²) in [4.78, 5) is 0. The first-order valence-corrected chi connectivity index (χ1v) is 5.52. The van der Waals surface area contributed by atoms with Crippen LogP contribution in [0.2, 0.25) is 0 Å². The van der Waals surface area contributed by atoms with E-state index in [9.17, 15) is 5.11 Å². The van der Waals surface area contributed by atoms with Crippen molar-refractivity contribution in [2.45, 2.75) is 37.9 Å². The topological polar surface area (TPSA) is 29.5 Å². The third-order valence-electron chi connectivity index (χ3n) is 3.36. The molecule has 2 nitrogen and oxygen atoms in total. The van der Waals surface area contributed by atoms with E-state index in [1.54, 1.807) is 7.11 Å². The number of hydrogen-bond acceptors (Lipinski definition) is 2. The van der Waals surface area contributed by atoms with E-state index in [4.69, 9.17) is 4.74 Å². The van der Waals surface area contributed by atoms with Gasteiger partial charge in [-0.1, -0.05) is 31.2 Å². The predicted molar refractivity (Wildman–Crippen MR) is 59.7 cm³/mol. The normalized spacial score (nSPS) is 29.9. The van der Waals surface area contributed by atoms with Crippen LogP contribution in [0.5, 0.6) is 0 Å². The van der Waals surface area contributed by atoms with E-state index >= 15 is 0 Å². The van der Waals surface area contributed by atoms with Crippen LogP contribution in [-0.4, -0.2) is 18.3 Å². The summed E-state index contributed by atoms with van der Waals surface area (Å²) in [7, 11) is 1.70. The van der Waals surface area contributed by atoms with Crippen molar-refractivity contribution >= 4 is 0 Å². The summed E-state index contributed by atoms with van der Waals surface area (Å²) in [5, 5.41) is 10.3. The van der Waals surface area contributed by atoms with Crippen LogP contribution < -0.4 is 0 Å². The van der Waals surface area contributed by atoms with Crippen molar-refractivity contribution in [2.75, 3.05) is 7.11 Å². The molecule has 0 unspecified atom stereocenters. The summed E-state index contributed by atoms with van der Waals surface area (Å²) in [6.45, 7) is 2.13. The number of hydrogen-bond donors (Lipinski definition) is 1. The Hall–Kier alpha value is -0.860. The van der Waals surface area contributed by atoms with Gasteiger partial charge in [-0.15, -0.1) is 0 Å². The maximum atomic E-state index is 10.3. The molecule has 2 rings (SSSR count). The highest BCUT2D eigenvalue weighted by Gasteiger charge is 2.44. The van der Waals surface area contributed by atoms with E-state index in [0.717, 1.165) is 24.8 Å². The molecule has 0 atom stereocenters. The van der Waals surface area contributed by atoms with E-state index in [1.807, 2.05) is 12.1 Å². The maximum absolute atomic E-state index is 10.3. The van der Waals surface area contributed by atoms with Crippen molar-refractivity contribution in [3.63, 3.8) is 0 Å². The Balaban J connectivity index is 2.10. The summed E-state index contributed by atoms with van der Waals surface area (Å²) in [6.07, 6.45) is 2.70. The monoisotopic (exact) mass is 206 g/mol. The summed E-state index contributed by atoms with van der Waals surface area (Å²) < 4.78 is 5.19. The highest BCUT2D eigenvalue weighted by Crippen LogP contribution is 2.42. The third kappa shape index (κ3) is 1.92. The van der Waals surface area contributed by atoms with Gasteiger partial charge in [0.1, 0.15) is 0 Å². The number of ether oxygens (including phenoxy) is 1. The Morgan fingerprint density at radius 1 is 1.33 bits per heavy atom. The van der Waals surface area contributed by atoms with Crippen molar-refractivity contribution in [2.24, 2.45) is 0 Å². The molecule has 0 aromatic heterocycles. The van der Waals surface area contributed by atoms with Gasteiger partial charge in [-0.2, -0.15) is 0 Å². The van der Waals surface area contributed by atoms with E-state index in [2.05, 4.69) is 19.1 Å². The average molecular weight is 206 g/mol. The zero-order valence-electron chi connectivity index (χ0n) is 9.36. The average Bonchev–Trinajstić information content (AvgIpc) is 2.25. The minimum absolute atomic E-state index is 0.223. The molecule has 0 saturated heterocycles. The van der Waals surface area contributed by atoms with Gasteiger partial charge in [0, 0.05) is 20.0 Å². The van der Waals surface area contributed by atoms with Crippen LogP contribution in [0.1, 0.15) is 30.9 Å². The van der Waals surface area contributed by atoms with Crippen molar-refractivity contribution in [3.05, 3.63) is 35.4 Å². The molecule has 1 aromatic carbocycles. The molecule has 2 heteroatoms. The quantitative estimate of drug-likeness (QED) is 0.822. The fourth-order valence-electron chi connectivity index (χ4n) is 2.15. The number of benzene rings is 1. The molecule has 0 spiro atoms. The molecule has 0 aliphatic heterocycles. The molecule has 0 amide bonds. The van der Waals surface area contributed by atoms with Crippen molar-refractivity contribution < 1.29 is 9.84 Å². The second-order valence-electron chi connectivity index (χ2n) is 4.35. The van der Waals surface area contributed by atoms with Crippen LogP contribution in [0.25, 0.3) is 0 Å². The fourth-order valence-corrected chi connectivity index (χ4v) is 2.15. The molecule has 1 N–H and O–H groups in total. The molecule has 1 fully saturated rings. The number of methoxy groups -OCH3 is 1. The van der Waals surface area contributed by atoms with Gasteiger partial charge in [-0.05, 0) is 17.5 Å². The molecule has 1 aliphatic rings. The first-order valence-electron chi connectivity index (χ1n) is 5.52. The Bertz CT molecular complexity index is 323. The summed E-state index contributed by atoms with van der Waals surface area (Å²) in [5.41, 5.74) is 1.69. The smallest absolute Gasteiger partial charge is 0.0945 e. The van der Waals surface area contributed by atoms with Gasteiger partial charge in [0.15, 0.2) is 0 Å². The van der Waals surface area contributed by atoms with Gasteiger partial charge in [-0.25, -0.2) is 0 Å². The minimum atomic E-state index is -0.646. The summed E-state index contributed by atoms with van der Waals surface area (Å²) >= 11 is 0. The molecular formula is C13H18O2. The highest BCUT2D eigenvalue weighted by molar-refractivity contribution is 5.29. The van der Waals surface area contributed by atoms with E-state index in [-0.39, 0.29) is 6.10 Å². The van der Waals surface area contributed by atoms with Crippen LogP contribution in [0.3, 0.4) is 0 Å². The lowest BCUT2D eigenvalue weighted by Gasteiger charge is -2.43. The molecule has 82 valence electrons. The molecule has 1 saturated carbocycles. The Kier molecular flexibility index (Phi) is 2.81. The number of aliphatic hydroxyl groups is 1. The minimum Gasteiger partial charge on any atom is -0.385 e. The van der Waals surface area contributed by atoms with Crippen LogP contribution in [0.4, 0.5) is 0 Å². The Morgan fingerprint density at radius 2 is 1.93 bits per heavy atom.